The number of esters is 1. The number of rotatable bonds is 46. The van der Waals surface area contributed by atoms with Crippen molar-refractivity contribution in [2.75, 3.05) is 73.7 Å². The van der Waals surface area contributed by atoms with Gasteiger partial charge in [-0.1, -0.05) is 160 Å². The monoisotopic (exact) mass is 916 g/mol. The molecule has 0 radical (unpaired) electrons. The van der Waals surface area contributed by atoms with Gasteiger partial charge in [0, 0.05) is 45.6 Å². The lowest BCUT2D eigenvalue weighted by molar-refractivity contribution is -0.249. The van der Waals surface area contributed by atoms with E-state index in [-0.39, 0.29) is 24.1 Å². The van der Waals surface area contributed by atoms with Crippen molar-refractivity contribution < 1.29 is 28.5 Å². The van der Waals surface area contributed by atoms with Crippen LogP contribution in [0.4, 0.5) is 0 Å². The van der Waals surface area contributed by atoms with Gasteiger partial charge in [0.25, 0.3) is 0 Å². The Balaban J connectivity index is 1.60. The second-order valence-corrected chi connectivity index (χ2v) is 20.1. The van der Waals surface area contributed by atoms with Crippen LogP contribution < -0.4 is 0 Å². The van der Waals surface area contributed by atoms with Crippen molar-refractivity contribution >= 4 is 11.9 Å². The van der Waals surface area contributed by atoms with Crippen LogP contribution in [0.1, 0.15) is 232 Å². The SMILES string of the molecule is CCCCCCCC/C=C\CCCCCCCCCOCCC1OC2(CN(C(=O)CCCN(C)CCN(C)C)C2)OC1CCOC(=O)CCCCCCCC/C=C\CCCCCCCC. The van der Waals surface area contributed by atoms with E-state index in [0.717, 1.165) is 58.3 Å². The first-order valence-corrected chi connectivity index (χ1v) is 27.8. The molecule has 2 aliphatic heterocycles. The summed E-state index contributed by atoms with van der Waals surface area (Å²) in [6.07, 6.45) is 49.6. The van der Waals surface area contributed by atoms with Crippen molar-refractivity contribution in [3.8, 4) is 0 Å². The predicted octanol–water partition coefficient (Wildman–Crippen LogP) is 13.8. The molecule has 2 saturated heterocycles. The summed E-state index contributed by atoms with van der Waals surface area (Å²) in [5.74, 6) is -0.711. The van der Waals surface area contributed by atoms with Gasteiger partial charge >= 0.3 is 5.97 Å². The van der Waals surface area contributed by atoms with Crippen LogP contribution >= 0.6 is 0 Å². The minimum atomic E-state index is -0.759. The van der Waals surface area contributed by atoms with E-state index < -0.39 is 5.79 Å². The number of hydrogen-bond acceptors (Lipinski definition) is 8. The summed E-state index contributed by atoms with van der Waals surface area (Å²) in [5, 5.41) is 0. The number of likely N-dealkylation sites (N-methyl/N-ethyl adjacent to an activating group) is 2. The molecular weight excluding hydrogens is 811 g/mol. The van der Waals surface area contributed by atoms with Gasteiger partial charge in [-0.3, -0.25) is 9.59 Å². The van der Waals surface area contributed by atoms with E-state index in [1.54, 1.807) is 0 Å². The Hall–Kier alpha value is -1.78. The number of unbranched alkanes of at least 4 members (excludes halogenated alkanes) is 25. The van der Waals surface area contributed by atoms with Gasteiger partial charge in [0.2, 0.25) is 11.7 Å². The molecular formula is C56H105N3O6. The largest absolute Gasteiger partial charge is 0.466 e. The van der Waals surface area contributed by atoms with Crippen LogP contribution in [-0.2, 0) is 28.5 Å². The Morgan fingerprint density at radius 1 is 0.523 bits per heavy atom. The van der Waals surface area contributed by atoms with E-state index in [1.165, 1.54) is 167 Å². The number of nitrogens with zero attached hydrogens (tertiary/aromatic N) is 3. The minimum absolute atomic E-state index is 0.118. The molecule has 0 saturated carbocycles. The molecule has 1 amide bonds. The van der Waals surface area contributed by atoms with Gasteiger partial charge < -0.3 is 33.6 Å². The van der Waals surface area contributed by atoms with Gasteiger partial charge in [0.05, 0.1) is 31.9 Å². The summed E-state index contributed by atoms with van der Waals surface area (Å²) in [5.41, 5.74) is 0. The summed E-state index contributed by atoms with van der Waals surface area (Å²) >= 11 is 0. The molecule has 2 aliphatic rings. The zero-order valence-electron chi connectivity index (χ0n) is 43.5. The molecule has 2 atom stereocenters. The Morgan fingerprint density at radius 2 is 0.969 bits per heavy atom. The lowest BCUT2D eigenvalue weighted by atomic mass is 10.1. The number of carbonyl (C=O) groups excluding carboxylic acids is 2. The van der Waals surface area contributed by atoms with Crippen LogP contribution in [0.2, 0.25) is 0 Å². The zero-order valence-corrected chi connectivity index (χ0v) is 43.5. The van der Waals surface area contributed by atoms with E-state index in [2.05, 4.69) is 69.1 Å². The standard InChI is InChI=1S/C56H105N3O6/c1-6-8-10-12-14-16-18-20-22-24-26-28-30-32-34-36-38-47-62-48-42-52-53(65-56(64-52)50-59(51-56)54(60)40-39-44-58(5)46-45-57(3)4)43-49-63-55(61)41-37-35-33-31-29-27-25-23-21-19-17-15-13-11-9-7-2/h20-23,52-53H,6-19,24-51H2,1-5H3/b22-20-,23-21-. The van der Waals surface area contributed by atoms with Crippen molar-refractivity contribution in [2.24, 2.45) is 0 Å². The topological polar surface area (TPSA) is 80.8 Å². The molecule has 380 valence electrons. The molecule has 65 heavy (non-hydrogen) atoms. The zero-order chi connectivity index (χ0) is 46.9. The molecule has 0 aliphatic carbocycles. The summed E-state index contributed by atoms with van der Waals surface area (Å²) in [6, 6.07) is 0. The maximum Gasteiger partial charge on any atom is 0.305 e. The number of likely N-dealkylation sites (tertiary alicyclic amines) is 1. The molecule has 0 aromatic carbocycles. The van der Waals surface area contributed by atoms with E-state index in [0.29, 0.717) is 45.6 Å². The second-order valence-electron chi connectivity index (χ2n) is 20.1. The molecule has 2 unspecified atom stereocenters. The first-order chi connectivity index (χ1) is 31.8. The Kier molecular flexibility index (Phi) is 37.6. The Labute approximate surface area is 401 Å². The molecule has 2 rings (SSSR count). The third-order valence-corrected chi connectivity index (χ3v) is 13.4. The fraction of sp³-hybridized carbons (Fsp3) is 0.893. The third kappa shape index (κ3) is 32.6. The highest BCUT2D eigenvalue weighted by Crippen LogP contribution is 2.39. The fourth-order valence-electron chi connectivity index (χ4n) is 9.03. The van der Waals surface area contributed by atoms with Crippen LogP contribution in [0.3, 0.4) is 0 Å². The highest BCUT2D eigenvalue weighted by Gasteiger charge is 2.55. The van der Waals surface area contributed by atoms with Gasteiger partial charge in [-0.15, -0.1) is 0 Å². The maximum atomic E-state index is 13.1. The molecule has 9 heteroatoms. The maximum absolute atomic E-state index is 13.1. The number of allylic oxidation sites excluding steroid dienone is 4. The lowest BCUT2D eigenvalue weighted by Gasteiger charge is -2.46. The number of ether oxygens (including phenoxy) is 4. The average Bonchev–Trinajstić information content (AvgIpc) is 3.65. The normalized spacial score (nSPS) is 17.2. The van der Waals surface area contributed by atoms with E-state index >= 15 is 0 Å². The molecule has 0 aromatic rings. The third-order valence-electron chi connectivity index (χ3n) is 13.4. The fourth-order valence-corrected chi connectivity index (χ4v) is 9.03. The van der Waals surface area contributed by atoms with Crippen molar-refractivity contribution in [2.45, 2.75) is 250 Å². The smallest absolute Gasteiger partial charge is 0.305 e. The van der Waals surface area contributed by atoms with E-state index in [9.17, 15) is 9.59 Å². The summed E-state index contributed by atoms with van der Waals surface area (Å²) < 4.78 is 25.0. The van der Waals surface area contributed by atoms with E-state index in [4.69, 9.17) is 18.9 Å². The van der Waals surface area contributed by atoms with Crippen LogP contribution in [0.15, 0.2) is 24.3 Å². The van der Waals surface area contributed by atoms with Crippen molar-refractivity contribution in [3.63, 3.8) is 0 Å². The average molecular weight is 916 g/mol. The highest BCUT2D eigenvalue weighted by atomic mass is 16.8. The Morgan fingerprint density at radius 3 is 1.46 bits per heavy atom. The van der Waals surface area contributed by atoms with Crippen LogP contribution in [0.5, 0.6) is 0 Å². The first kappa shape index (κ1) is 59.3. The number of carbonyl (C=O) groups is 2. The van der Waals surface area contributed by atoms with E-state index in [1.807, 2.05) is 4.90 Å². The van der Waals surface area contributed by atoms with Crippen LogP contribution in [0.25, 0.3) is 0 Å². The molecule has 9 nitrogen and oxygen atoms in total. The Bertz CT molecular complexity index is 1170. The quantitative estimate of drug-likeness (QED) is 0.0339. The van der Waals surface area contributed by atoms with Gasteiger partial charge in [-0.05, 0) is 105 Å². The van der Waals surface area contributed by atoms with Gasteiger partial charge in [0.1, 0.15) is 0 Å². The summed E-state index contributed by atoms with van der Waals surface area (Å²) in [6.45, 7) is 10.1. The van der Waals surface area contributed by atoms with Gasteiger partial charge in [0.15, 0.2) is 0 Å². The summed E-state index contributed by atoms with van der Waals surface area (Å²) in [7, 11) is 6.29. The predicted molar refractivity (Wildman–Crippen MR) is 273 cm³/mol. The molecule has 0 aromatic heterocycles. The summed E-state index contributed by atoms with van der Waals surface area (Å²) in [4.78, 5) is 32.0. The van der Waals surface area contributed by atoms with Gasteiger partial charge in [-0.2, -0.15) is 0 Å². The van der Waals surface area contributed by atoms with Gasteiger partial charge in [-0.25, -0.2) is 0 Å². The lowest BCUT2D eigenvalue weighted by Crippen LogP contribution is -2.64. The van der Waals surface area contributed by atoms with Crippen molar-refractivity contribution in [1.82, 2.24) is 14.7 Å². The molecule has 0 bridgehead atoms. The molecule has 2 heterocycles. The van der Waals surface area contributed by atoms with Crippen LogP contribution in [-0.4, -0.2) is 118 Å². The first-order valence-electron chi connectivity index (χ1n) is 27.8. The number of hydrogen-bond donors (Lipinski definition) is 0. The molecule has 0 N–H and O–H groups in total. The minimum Gasteiger partial charge on any atom is -0.466 e. The molecule has 2 fully saturated rings. The van der Waals surface area contributed by atoms with Crippen molar-refractivity contribution in [1.29, 1.82) is 0 Å². The van der Waals surface area contributed by atoms with Crippen LogP contribution in [0, 0.1) is 0 Å². The molecule has 1 spiro atoms. The highest BCUT2D eigenvalue weighted by molar-refractivity contribution is 5.77. The second kappa shape index (κ2) is 41.2. The number of amides is 1. The van der Waals surface area contributed by atoms with Crippen molar-refractivity contribution in [3.05, 3.63) is 24.3 Å².